The Hall–Kier alpha value is -2.80. The Morgan fingerprint density at radius 3 is 3.03 bits per heavy atom. The Kier molecular flexibility index (Phi) is 4.54. The van der Waals surface area contributed by atoms with Crippen LogP contribution in [0.2, 0.25) is 0 Å². The molecule has 0 bridgehead atoms. The number of carboxylic acid groups (broad SMARTS) is 1. The van der Waals surface area contributed by atoms with Gasteiger partial charge in [-0.15, -0.1) is 11.8 Å². The fourth-order valence-electron chi connectivity index (χ4n) is 4.30. The van der Waals surface area contributed by atoms with Gasteiger partial charge < -0.3 is 14.4 Å². The molecule has 2 aliphatic rings. The highest BCUT2D eigenvalue weighted by molar-refractivity contribution is 7.99. The molecule has 29 heavy (non-hydrogen) atoms. The minimum absolute atomic E-state index is 0.0293. The second kappa shape index (κ2) is 7.22. The average Bonchev–Trinajstić information content (AvgIpc) is 3.41. The fourth-order valence-corrected chi connectivity index (χ4v) is 5.55. The standard InChI is InChI=1S/C22H21N3O3S/c1-25-8-7-23-22(25)16-4-2-3-15-14(16)5-6-18(15)28-20-10-19-17(11-24-20)13(12-29-19)9-21(26)27/h2-4,7-8,10-11,13,18H,5-6,9,12H2,1H3,(H,26,27)/t13-,18?/m1/s1. The third kappa shape index (κ3) is 3.29. The van der Waals surface area contributed by atoms with Gasteiger partial charge in [0, 0.05) is 53.8 Å². The lowest BCUT2D eigenvalue weighted by Gasteiger charge is -2.16. The summed E-state index contributed by atoms with van der Waals surface area (Å²) in [5, 5.41) is 9.08. The van der Waals surface area contributed by atoms with Gasteiger partial charge >= 0.3 is 5.97 Å². The Labute approximate surface area is 173 Å². The van der Waals surface area contributed by atoms with Gasteiger partial charge in [-0.25, -0.2) is 9.97 Å². The van der Waals surface area contributed by atoms with Crippen LogP contribution < -0.4 is 4.74 Å². The van der Waals surface area contributed by atoms with Crippen molar-refractivity contribution in [2.24, 2.45) is 7.05 Å². The molecule has 6 nitrogen and oxygen atoms in total. The highest BCUT2D eigenvalue weighted by atomic mass is 32.2. The molecule has 148 valence electrons. The summed E-state index contributed by atoms with van der Waals surface area (Å²) >= 11 is 1.68. The molecule has 3 aromatic rings. The first-order valence-corrected chi connectivity index (χ1v) is 10.7. The quantitative estimate of drug-likeness (QED) is 0.683. The summed E-state index contributed by atoms with van der Waals surface area (Å²) in [5.41, 5.74) is 4.68. The number of carbonyl (C=O) groups is 1. The zero-order valence-corrected chi connectivity index (χ0v) is 16.9. The lowest BCUT2D eigenvalue weighted by molar-refractivity contribution is -0.137. The molecule has 0 saturated carbocycles. The van der Waals surface area contributed by atoms with Crippen molar-refractivity contribution in [3.05, 3.63) is 59.5 Å². The topological polar surface area (TPSA) is 77.2 Å². The molecule has 1 aromatic carbocycles. The number of benzene rings is 1. The van der Waals surface area contributed by atoms with E-state index in [1.165, 1.54) is 11.1 Å². The average molecular weight is 407 g/mol. The van der Waals surface area contributed by atoms with Crippen molar-refractivity contribution in [1.82, 2.24) is 14.5 Å². The summed E-state index contributed by atoms with van der Waals surface area (Å²) in [6.07, 6.45) is 7.54. The van der Waals surface area contributed by atoms with Crippen LogP contribution in [0.5, 0.6) is 5.88 Å². The highest BCUT2D eigenvalue weighted by Crippen LogP contribution is 2.44. The molecule has 7 heteroatoms. The normalized spacial score (nSPS) is 19.8. The molecule has 0 amide bonds. The predicted molar refractivity (Wildman–Crippen MR) is 110 cm³/mol. The number of aliphatic carboxylic acids is 1. The van der Waals surface area contributed by atoms with Gasteiger partial charge in [0.2, 0.25) is 5.88 Å². The third-order valence-electron chi connectivity index (χ3n) is 5.71. The molecular formula is C22H21N3O3S. The van der Waals surface area contributed by atoms with Gasteiger partial charge in [0.1, 0.15) is 11.9 Å². The van der Waals surface area contributed by atoms with Crippen LogP contribution >= 0.6 is 11.8 Å². The number of aryl methyl sites for hydroxylation is 1. The SMILES string of the molecule is Cn1ccnc1-c1cccc2c1CCC2Oc1cc2c(cn1)[C@H](CC(=O)O)CS2. The highest BCUT2D eigenvalue weighted by Gasteiger charge is 2.30. The van der Waals surface area contributed by atoms with Crippen molar-refractivity contribution in [3.8, 4) is 17.3 Å². The number of rotatable bonds is 5. The minimum atomic E-state index is -0.769. The van der Waals surface area contributed by atoms with E-state index in [1.54, 1.807) is 18.0 Å². The number of fused-ring (bicyclic) bond motifs is 2. The van der Waals surface area contributed by atoms with E-state index in [-0.39, 0.29) is 18.4 Å². The summed E-state index contributed by atoms with van der Waals surface area (Å²) in [5.74, 6) is 1.62. The van der Waals surface area contributed by atoms with Crippen LogP contribution in [0.1, 0.15) is 41.6 Å². The molecular weight excluding hydrogens is 386 g/mol. The number of imidazole rings is 1. The van der Waals surface area contributed by atoms with E-state index < -0.39 is 5.97 Å². The molecule has 1 N–H and O–H groups in total. The van der Waals surface area contributed by atoms with E-state index in [9.17, 15) is 4.79 Å². The number of nitrogens with zero attached hydrogens (tertiary/aromatic N) is 3. The maximum Gasteiger partial charge on any atom is 0.303 e. The zero-order valence-electron chi connectivity index (χ0n) is 16.0. The Balaban J connectivity index is 1.39. The van der Waals surface area contributed by atoms with Gasteiger partial charge in [-0.05, 0) is 29.5 Å². The molecule has 1 unspecified atom stereocenters. The Morgan fingerprint density at radius 1 is 1.34 bits per heavy atom. The van der Waals surface area contributed by atoms with Crippen molar-refractivity contribution in [2.45, 2.75) is 36.2 Å². The van der Waals surface area contributed by atoms with E-state index in [2.05, 4.69) is 28.2 Å². The van der Waals surface area contributed by atoms with Crippen LogP contribution in [-0.2, 0) is 18.3 Å². The number of carboxylic acids is 1. The first-order chi connectivity index (χ1) is 14.1. The number of ether oxygens (including phenoxy) is 1. The number of thioether (sulfide) groups is 1. The van der Waals surface area contributed by atoms with Gasteiger partial charge in [-0.1, -0.05) is 18.2 Å². The molecule has 5 rings (SSSR count). The maximum atomic E-state index is 11.1. The van der Waals surface area contributed by atoms with Gasteiger partial charge in [0.25, 0.3) is 0 Å². The fraction of sp³-hybridized carbons (Fsp3) is 0.318. The summed E-state index contributed by atoms with van der Waals surface area (Å²) in [7, 11) is 2.01. The van der Waals surface area contributed by atoms with Crippen LogP contribution in [0.25, 0.3) is 11.4 Å². The van der Waals surface area contributed by atoms with E-state index in [1.807, 2.05) is 30.1 Å². The van der Waals surface area contributed by atoms with Crippen molar-refractivity contribution < 1.29 is 14.6 Å². The van der Waals surface area contributed by atoms with Crippen LogP contribution in [0, 0.1) is 0 Å². The molecule has 2 atom stereocenters. The monoisotopic (exact) mass is 407 g/mol. The zero-order chi connectivity index (χ0) is 20.0. The molecule has 0 saturated heterocycles. The number of hydrogen-bond acceptors (Lipinski definition) is 5. The van der Waals surface area contributed by atoms with Crippen LogP contribution in [0.3, 0.4) is 0 Å². The predicted octanol–water partition coefficient (Wildman–Crippen LogP) is 4.21. The van der Waals surface area contributed by atoms with Crippen LogP contribution in [0.15, 0.2) is 47.8 Å². The molecule has 0 radical (unpaired) electrons. The Bertz CT molecular complexity index is 1090. The second-order valence-corrected chi connectivity index (χ2v) is 8.61. The number of aromatic nitrogens is 3. The second-order valence-electron chi connectivity index (χ2n) is 7.55. The van der Waals surface area contributed by atoms with Gasteiger partial charge in [0.15, 0.2) is 0 Å². The van der Waals surface area contributed by atoms with Crippen molar-refractivity contribution in [3.63, 3.8) is 0 Å². The maximum absolute atomic E-state index is 11.1. The summed E-state index contributed by atoms with van der Waals surface area (Å²) in [6, 6.07) is 8.27. The third-order valence-corrected chi connectivity index (χ3v) is 6.95. The summed E-state index contributed by atoms with van der Waals surface area (Å²) in [4.78, 5) is 21.1. The first kappa shape index (κ1) is 18.2. The van der Waals surface area contributed by atoms with E-state index in [0.29, 0.717) is 5.88 Å². The van der Waals surface area contributed by atoms with Gasteiger partial charge in [-0.3, -0.25) is 4.79 Å². The van der Waals surface area contributed by atoms with Crippen LogP contribution in [0.4, 0.5) is 0 Å². The van der Waals surface area contributed by atoms with Crippen molar-refractivity contribution in [2.75, 3.05) is 5.75 Å². The van der Waals surface area contributed by atoms with Crippen LogP contribution in [-0.4, -0.2) is 31.4 Å². The van der Waals surface area contributed by atoms with Crippen molar-refractivity contribution in [1.29, 1.82) is 0 Å². The molecule has 3 heterocycles. The summed E-state index contributed by atoms with van der Waals surface area (Å²) in [6.45, 7) is 0. The van der Waals surface area contributed by atoms with Gasteiger partial charge in [-0.2, -0.15) is 0 Å². The number of hydrogen-bond donors (Lipinski definition) is 1. The smallest absolute Gasteiger partial charge is 0.303 e. The summed E-state index contributed by atoms with van der Waals surface area (Å²) < 4.78 is 8.32. The van der Waals surface area contributed by atoms with Gasteiger partial charge in [0.05, 0.1) is 6.42 Å². The lowest BCUT2D eigenvalue weighted by atomic mass is 10.00. The largest absolute Gasteiger partial charge is 0.481 e. The first-order valence-electron chi connectivity index (χ1n) is 9.71. The molecule has 1 aliphatic heterocycles. The van der Waals surface area contributed by atoms with E-state index >= 15 is 0 Å². The van der Waals surface area contributed by atoms with E-state index in [0.717, 1.165) is 40.4 Å². The van der Waals surface area contributed by atoms with Crippen molar-refractivity contribution >= 4 is 17.7 Å². The molecule has 0 spiro atoms. The lowest BCUT2D eigenvalue weighted by Crippen LogP contribution is -2.07. The molecule has 0 fully saturated rings. The number of pyridine rings is 1. The Morgan fingerprint density at radius 2 is 2.24 bits per heavy atom. The molecule has 1 aliphatic carbocycles. The molecule has 2 aromatic heterocycles. The minimum Gasteiger partial charge on any atom is -0.481 e. The van der Waals surface area contributed by atoms with E-state index in [4.69, 9.17) is 9.84 Å².